The molecule has 0 spiro atoms. The molecule has 224 valence electrons. The van der Waals surface area contributed by atoms with Gasteiger partial charge in [0.25, 0.3) is 0 Å². The average molecular weight is 620 g/mol. The summed E-state index contributed by atoms with van der Waals surface area (Å²) in [6.45, 7) is 4.96. The molecule has 47 heavy (non-hydrogen) atoms. The number of furan rings is 1. The van der Waals surface area contributed by atoms with Crippen molar-refractivity contribution in [1.29, 1.82) is 0 Å². The number of benzene rings is 7. The van der Waals surface area contributed by atoms with Crippen LogP contribution in [0, 0.1) is 0 Å². The van der Waals surface area contributed by atoms with E-state index in [-0.39, 0.29) is 0 Å². The first kappa shape index (κ1) is 27.6. The smallest absolute Gasteiger partial charge is 0.143 e. The van der Waals surface area contributed by atoms with Crippen molar-refractivity contribution in [2.45, 2.75) is 13.1 Å². The third kappa shape index (κ3) is 4.39. The first-order chi connectivity index (χ1) is 23.1. The first-order valence-corrected chi connectivity index (χ1v) is 19.3. The molecule has 0 saturated carbocycles. The van der Waals surface area contributed by atoms with Gasteiger partial charge in [-0.15, -0.1) is 0 Å². The fourth-order valence-electron chi connectivity index (χ4n) is 7.54. The predicted molar refractivity (Wildman–Crippen MR) is 201 cm³/mol. The summed E-state index contributed by atoms with van der Waals surface area (Å²) >= 11 is 0. The Morgan fingerprint density at radius 1 is 0.468 bits per heavy atom. The topological polar surface area (TPSA) is 16.4 Å². The van der Waals surface area contributed by atoms with Crippen molar-refractivity contribution in [1.82, 2.24) is 0 Å². The molecule has 1 aromatic heterocycles. The second-order valence-electron chi connectivity index (χ2n) is 13.0. The van der Waals surface area contributed by atoms with Gasteiger partial charge in [-0.05, 0) is 69.0 Å². The van der Waals surface area contributed by atoms with E-state index < -0.39 is 8.07 Å². The van der Waals surface area contributed by atoms with Gasteiger partial charge in [-0.1, -0.05) is 140 Å². The number of nitrogens with zero attached hydrogens (tertiary/aromatic N) is 1. The van der Waals surface area contributed by atoms with Crippen molar-refractivity contribution in [3.05, 3.63) is 164 Å². The Kier molecular flexibility index (Phi) is 6.31. The molecule has 2 heterocycles. The maximum absolute atomic E-state index is 6.59. The lowest BCUT2D eigenvalue weighted by atomic mass is 9.99. The van der Waals surface area contributed by atoms with Crippen molar-refractivity contribution < 1.29 is 4.42 Å². The maximum Gasteiger partial charge on any atom is 0.143 e. The largest absolute Gasteiger partial charge is 0.455 e. The van der Waals surface area contributed by atoms with Crippen LogP contribution in [0.1, 0.15) is 0 Å². The molecule has 0 atom stereocenters. The van der Waals surface area contributed by atoms with E-state index in [2.05, 4.69) is 182 Å². The molecule has 2 nitrogen and oxygen atoms in total. The molecule has 0 amide bonds. The average Bonchev–Trinajstić information content (AvgIpc) is 3.62. The molecular weight excluding hydrogens is 587 g/mol. The Morgan fingerprint density at radius 3 is 1.98 bits per heavy atom. The van der Waals surface area contributed by atoms with Crippen LogP contribution in [0.25, 0.3) is 55.3 Å². The fourth-order valence-corrected chi connectivity index (χ4v) is 10.6. The van der Waals surface area contributed by atoms with Crippen LogP contribution < -0.4 is 15.3 Å². The minimum absolute atomic E-state index is 0.947. The lowest BCUT2D eigenvalue weighted by molar-refractivity contribution is 0.670. The highest BCUT2D eigenvalue weighted by Gasteiger charge is 2.40. The molecular formula is C44H33NOSi. The van der Waals surface area contributed by atoms with Crippen LogP contribution in [-0.2, 0) is 0 Å². The number of hydrogen-bond acceptors (Lipinski definition) is 2. The van der Waals surface area contributed by atoms with Gasteiger partial charge in [0.2, 0.25) is 0 Å². The van der Waals surface area contributed by atoms with Gasteiger partial charge in [0.15, 0.2) is 0 Å². The van der Waals surface area contributed by atoms with Crippen LogP contribution in [0.3, 0.4) is 0 Å². The lowest BCUT2D eigenvalue weighted by Crippen LogP contribution is -2.49. The normalized spacial score (nSPS) is 13.1. The molecule has 0 saturated heterocycles. The summed E-state index contributed by atoms with van der Waals surface area (Å²) in [4.78, 5) is 2.44. The highest BCUT2D eigenvalue weighted by molar-refractivity contribution is 7.04. The predicted octanol–water partition coefficient (Wildman–Crippen LogP) is 11.2. The maximum atomic E-state index is 6.59. The summed E-state index contributed by atoms with van der Waals surface area (Å²) in [5.41, 5.74) is 12.8. The van der Waals surface area contributed by atoms with Crippen LogP contribution >= 0.6 is 0 Å². The molecule has 0 bridgehead atoms. The van der Waals surface area contributed by atoms with Gasteiger partial charge in [0.1, 0.15) is 19.2 Å². The molecule has 7 aromatic carbocycles. The SMILES string of the molecule is C[Si]1(C)c2cc(N(c3cccc(-c4ccccc4)c3)c3ccccc3-c3ccccc3)ccc2-c2c1ccc1c2oc2ccccc21. The summed E-state index contributed by atoms with van der Waals surface area (Å²) in [5.74, 6) is 0. The first-order valence-electron chi connectivity index (χ1n) is 16.3. The number of para-hydroxylation sites is 2. The van der Waals surface area contributed by atoms with Gasteiger partial charge in [0, 0.05) is 33.3 Å². The van der Waals surface area contributed by atoms with Crippen molar-refractivity contribution in [3.8, 4) is 33.4 Å². The van der Waals surface area contributed by atoms with E-state index in [0.717, 1.165) is 28.2 Å². The van der Waals surface area contributed by atoms with E-state index in [1.165, 1.54) is 54.5 Å². The fraction of sp³-hybridized carbons (Fsp3) is 0.0455. The Hall–Kier alpha value is -5.64. The third-order valence-corrected chi connectivity index (χ3v) is 13.4. The summed E-state index contributed by atoms with van der Waals surface area (Å²) in [6.07, 6.45) is 0. The Balaban J connectivity index is 1.27. The van der Waals surface area contributed by atoms with Gasteiger partial charge >= 0.3 is 0 Å². The Bertz CT molecular complexity index is 2440. The van der Waals surface area contributed by atoms with E-state index in [1.54, 1.807) is 0 Å². The minimum Gasteiger partial charge on any atom is -0.455 e. The van der Waals surface area contributed by atoms with Crippen LogP contribution in [0.15, 0.2) is 168 Å². The number of rotatable bonds is 5. The van der Waals surface area contributed by atoms with E-state index >= 15 is 0 Å². The zero-order valence-electron chi connectivity index (χ0n) is 26.4. The number of hydrogen-bond donors (Lipinski definition) is 0. The minimum atomic E-state index is -2.05. The molecule has 3 heteroatoms. The molecule has 0 unspecified atom stereocenters. The van der Waals surface area contributed by atoms with Crippen LogP contribution in [0.2, 0.25) is 13.1 Å². The van der Waals surface area contributed by atoms with Gasteiger partial charge in [-0.3, -0.25) is 0 Å². The second-order valence-corrected chi connectivity index (χ2v) is 17.3. The van der Waals surface area contributed by atoms with Crippen LogP contribution in [-0.4, -0.2) is 8.07 Å². The second kappa shape index (κ2) is 10.7. The van der Waals surface area contributed by atoms with Gasteiger partial charge < -0.3 is 9.32 Å². The summed E-state index contributed by atoms with van der Waals surface area (Å²) in [6, 6.07) is 59.2. The molecule has 1 aliphatic rings. The van der Waals surface area contributed by atoms with E-state index in [1.807, 2.05) is 0 Å². The lowest BCUT2D eigenvalue weighted by Gasteiger charge is -2.29. The Morgan fingerprint density at radius 2 is 1.15 bits per heavy atom. The van der Waals surface area contributed by atoms with E-state index in [0.29, 0.717) is 0 Å². The summed E-state index contributed by atoms with van der Waals surface area (Å²) < 4.78 is 6.59. The standard InChI is InChI=1S/C44H33NOSi/c1-47(2)41-27-26-37-36-21-10-12-23-40(36)46-44(37)43(41)38-25-24-34(29-42(38)47)45(33-19-13-18-32(28-33)30-14-5-3-6-15-30)39-22-11-9-20-35(39)31-16-7-4-8-17-31/h3-29H,1-2H3. The zero-order valence-corrected chi connectivity index (χ0v) is 27.4. The number of fused-ring (bicyclic) bond motifs is 7. The molecule has 8 aromatic rings. The van der Waals surface area contributed by atoms with Crippen LogP contribution in [0.4, 0.5) is 17.1 Å². The van der Waals surface area contributed by atoms with E-state index in [4.69, 9.17) is 4.42 Å². The monoisotopic (exact) mass is 619 g/mol. The quantitative estimate of drug-likeness (QED) is 0.178. The van der Waals surface area contributed by atoms with Crippen molar-refractivity contribution in [2.75, 3.05) is 4.90 Å². The summed E-state index contributed by atoms with van der Waals surface area (Å²) in [7, 11) is -2.05. The molecule has 0 radical (unpaired) electrons. The van der Waals surface area contributed by atoms with Crippen LogP contribution in [0.5, 0.6) is 0 Å². The molecule has 0 aliphatic carbocycles. The van der Waals surface area contributed by atoms with Gasteiger partial charge in [-0.25, -0.2) is 0 Å². The molecule has 0 fully saturated rings. The zero-order chi connectivity index (χ0) is 31.5. The number of anilines is 3. The highest BCUT2D eigenvalue weighted by atomic mass is 28.3. The summed E-state index contributed by atoms with van der Waals surface area (Å²) in [5, 5.41) is 5.26. The van der Waals surface area contributed by atoms with Crippen molar-refractivity contribution in [2.24, 2.45) is 0 Å². The molecule has 0 N–H and O–H groups in total. The third-order valence-electron chi connectivity index (χ3n) is 9.87. The van der Waals surface area contributed by atoms with Gasteiger partial charge in [-0.2, -0.15) is 0 Å². The highest BCUT2D eigenvalue weighted by Crippen LogP contribution is 2.44. The van der Waals surface area contributed by atoms with Crippen molar-refractivity contribution >= 4 is 57.4 Å². The Labute approximate surface area is 276 Å². The van der Waals surface area contributed by atoms with Crippen molar-refractivity contribution in [3.63, 3.8) is 0 Å². The van der Waals surface area contributed by atoms with E-state index in [9.17, 15) is 0 Å². The molecule has 1 aliphatic heterocycles. The van der Waals surface area contributed by atoms with Gasteiger partial charge in [0.05, 0.1) is 5.69 Å². The molecule has 9 rings (SSSR count).